The number of allylic oxidation sites excluding steroid dienone is 13. The molecule has 0 aliphatic carbocycles. The third kappa shape index (κ3) is 19.3. The number of amides is 1. The van der Waals surface area contributed by atoms with E-state index in [4.69, 9.17) is 0 Å². The van der Waals surface area contributed by atoms with Crippen LogP contribution in [0.15, 0.2) is 85.1 Å². The topological polar surface area (TPSA) is 49.3 Å². The van der Waals surface area contributed by atoms with Crippen molar-refractivity contribution in [2.75, 3.05) is 6.54 Å². The molecule has 2 N–H and O–H groups in total. The van der Waals surface area contributed by atoms with Crippen LogP contribution in [-0.4, -0.2) is 23.2 Å². The summed E-state index contributed by atoms with van der Waals surface area (Å²) in [6.45, 7) is 6.54. The lowest BCUT2D eigenvalue weighted by atomic mass is 9.91. The summed E-state index contributed by atoms with van der Waals surface area (Å²) in [7, 11) is 0. The standard InChI is InChI=1S/C28H43NO2/c1-4-7-10-11-12-13-14-15-16-17-18-19-20-21-22-23-27(30)29-26-28(31,24-8-5-2)25-9-6-3/h4,7,10-15,18-23,31H,5-6,8-9,16-17,24-26H2,1-3H3,(H,29,30). The molecule has 0 bridgehead atoms. The van der Waals surface area contributed by atoms with Crippen LogP contribution in [0.1, 0.15) is 72.1 Å². The van der Waals surface area contributed by atoms with Crippen molar-refractivity contribution in [1.29, 1.82) is 0 Å². The highest BCUT2D eigenvalue weighted by atomic mass is 16.3. The molecule has 0 heterocycles. The summed E-state index contributed by atoms with van der Waals surface area (Å²) in [5.74, 6) is -0.168. The van der Waals surface area contributed by atoms with Crippen molar-refractivity contribution in [2.24, 2.45) is 0 Å². The second-order valence-corrected chi connectivity index (χ2v) is 7.62. The zero-order valence-corrected chi connectivity index (χ0v) is 19.8. The van der Waals surface area contributed by atoms with Gasteiger partial charge in [0.05, 0.1) is 5.60 Å². The highest BCUT2D eigenvalue weighted by molar-refractivity contribution is 5.87. The lowest BCUT2D eigenvalue weighted by Crippen LogP contribution is -2.42. The van der Waals surface area contributed by atoms with Gasteiger partial charge in [0.15, 0.2) is 0 Å². The second-order valence-electron chi connectivity index (χ2n) is 7.62. The van der Waals surface area contributed by atoms with Gasteiger partial charge in [0.2, 0.25) is 5.91 Å². The van der Waals surface area contributed by atoms with Crippen LogP contribution < -0.4 is 5.32 Å². The molecule has 0 aromatic rings. The maximum atomic E-state index is 12.0. The molecule has 3 heteroatoms. The minimum atomic E-state index is -0.790. The maximum absolute atomic E-state index is 12.0. The molecule has 31 heavy (non-hydrogen) atoms. The highest BCUT2D eigenvalue weighted by Gasteiger charge is 2.25. The average molecular weight is 426 g/mol. The zero-order chi connectivity index (χ0) is 23.0. The van der Waals surface area contributed by atoms with Crippen molar-refractivity contribution >= 4 is 5.91 Å². The highest BCUT2D eigenvalue weighted by Crippen LogP contribution is 2.20. The van der Waals surface area contributed by atoms with E-state index in [0.717, 1.165) is 51.4 Å². The van der Waals surface area contributed by atoms with Crippen LogP contribution in [0.25, 0.3) is 0 Å². The Labute approximate surface area is 190 Å². The molecule has 0 unspecified atom stereocenters. The van der Waals surface area contributed by atoms with Crippen molar-refractivity contribution in [3.63, 3.8) is 0 Å². The van der Waals surface area contributed by atoms with E-state index in [2.05, 4.69) is 37.4 Å². The minimum Gasteiger partial charge on any atom is -0.388 e. The van der Waals surface area contributed by atoms with Crippen LogP contribution in [0.5, 0.6) is 0 Å². The number of aliphatic hydroxyl groups is 1. The van der Waals surface area contributed by atoms with Gasteiger partial charge in [0, 0.05) is 12.6 Å². The summed E-state index contributed by atoms with van der Waals surface area (Å²) < 4.78 is 0. The number of unbranched alkanes of at least 4 members (excludes halogenated alkanes) is 3. The molecule has 0 aromatic carbocycles. The van der Waals surface area contributed by atoms with Gasteiger partial charge < -0.3 is 10.4 Å². The number of hydrogen-bond acceptors (Lipinski definition) is 2. The van der Waals surface area contributed by atoms with Crippen molar-refractivity contribution in [3.05, 3.63) is 85.1 Å². The van der Waals surface area contributed by atoms with Gasteiger partial charge in [-0.15, -0.1) is 0 Å². The van der Waals surface area contributed by atoms with Crippen LogP contribution in [0.4, 0.5) is 0 Å². The Kier molecular flexibility index (Phi) is 19.3. The van der Waals surface area contributed by atoms with Crippen molar-refractivity contribution in [1.82, 2.24) is 5.32 Å². The molecule has 1 amide bonds. The fourth-order valence-corrected chi connectivity index (χ4v) is 2.81. The molecule has 0 saturated heterocycles. The summed E-state index contributed by atoms with van der Waals surface area (Å²) in [4.78, 5) is 12.0. The van der Waals surface area contributed by atoms with Crippen molar-refractivity contribution < 1.29 is 9.90 Å². The summed E-state index contributed by atoms with van der Waals surface area (Å²) in [6, 6.07) is 0. The molecule has 172 valence electrons. The number of carbonyl (C=O) groups excluding carboxylic acids is 1. The lowest BCUT2D eigenvalue weighted by molar-refractivity contribution is -0.118. The molecule has 0 rings (SSSR count). The van der Waals surface area contributed by atoms with Crippen molar-refractivity contribution in [3.8, 4) is 0 Å². The molecule has 0 aliphatic heterocycles. The molecule has 0 aromatic heterocycles. The Hall–Kier alpha value is -2.39. The van der Waals surface area contributed by atoms with E-state index in [0.29, 0.717) is 6.54 Å². The molecule has 0 atom stereocenters. The van der Waals surface area contributed by atoms with Gasteiger partial charge in [-0.25, -0.2) is 0 Å². The van der Waals surface area contributed by atoms with Gasteiger partial charge >= 0.3 is 0 Å². The molecule has 0 aliphatic rings. The largest absolute Gasteiger partial charge is 0.388 e. The lowest BCUT2D eigenvalue weighted by Gasteiger charge is -2.28. The first-order valence-corrected chi connectivity index (χ1v) is 11.7. The first-order valence-electron chi connectivity index (χ1n) is 11.7. The molecule has 0 radical (unpaired) electrons. The van der Waals surface area contributed by atoms with E-state index in [-0.39, 0.29) is 5.91 Å². The quantitative estimate of drug-likeness (QED) is 0.151. The smallest absolute Gasteiger partial charge is 0.244 e. The van der Waals surface area contributed by atoms with E-state index in [1.807, 2.05) is 61.6 Å². The zero-order valence-electron chi connectivity index (χ0n) is 19.8. The minimum absolute atomic E-state index is 0.168. The first-order chi connectivity index (χ1) is 15.1. The van der Waals surface area contributed by atoms with Gasteiger partial charge in [-0.3, -0.25) is 4.79 Å². The van der Waals surface area contributed by atoms with Gasteiger partial charge in [-0.1, -0.05) is 119 Å². The van der Waals surface area contributed by atoms with E-state index < -0.39 is 5.60 Å². The Bertz CT molecular complexity index is 640. The van der Waals surface area contributed by atoms with Crippen LogP contribution in [0.2, 0.25) is 0 Å². The van der Waals surface area contributed by atoms with E-state index >= 15 is 0 Å². The summed E-state index contributed by atoms with van der Waals surface area (Å²) in [6.07, 6.45) is 34.8. The van der Waals surface area contributed by atoms with Gasteiger partial charge in [-0.2, -0.15) is 0 Å². The van der Waals surface area contributed by atoms with E-state index in [1.54, 1.807) is 6.08 Å². The normalized spacial score (nSPS) is 13.5. The second kappa shape index (κ2) is 20.9. The fourth-order valence-electron chi connectivity index (χ4n) is 2.81. The predicted octanol–water partition coefficient (Wildman–Crippen LogP) is 6.91. The summed E-state index contributed by atoms with van der Waals surface area (Å²) in [5.41, 5.74) is -0.790. The van der Waals surface area contributed by atoms with Gasteiger partial charge in [-0.05, 0) is 32.6 Å². The summed E-state index contributed by atoms with van der Waals surface area (Å²) >= 11 is 0. The summed E-state index contributed by atoms with van der Waals surface area (Å²) in [5, 5.41) is 13.6. The Morgan fingerprint density at radius 2 is 1.26 bits per heavy atom. The third-order valence-electron chi connectivity index (χ3n) is 4.68. The Balaban J connectivity index is 4.11. The van der Waals surface area contributed by atoms with Gasteiger partial charge in [0.1, 0.15) is 0 Å². The Morgan fingerprint density at radius 3 is 1.77 bits per heavy atom. The van der Waals surface area contributed by atoms with Crippen molar-refractivity contribution in [2.45, 2.75) is 77.7 Å². The maximum Gasteiger partial charge on any atom is 0.244 e. The number of nitrogens with one attached hydrogen (secondary N) is 1. The third-order valence-corrected chi connectivity index (χ3v) is 4.68. The van der Waals surface area contributed by atoms with E-state index in [9.17, 15) is 9.90 Å². The van der Waals surface area contributed by atoms with Crippen LogP contribution in [0.3, 0.4) is 0 Å². The number of carbonyl (C=O) groups is 1. The molecule has 3 nitrogen and oxygen atoms in total. The molecular formula is C28H43NO2. The molecule has 0 saturated carbocycles. The van der Waals surface area contributed by atoms with Crippen LogP contribution in [-0.2, 0) is 4.79 Å². The van der Waals surface area contributed by atoms with Crippen LogP contribution >= 0.6 is 0 Å². The van der Waals surface area contributed by atoms with E-state index in [1.165, 1.54) is 6.08 Å². The fraction of sp³-hybridized carbons (Fsp3) is 0.464. The Morgan fingerprint density at radius 1 is 0.774 bits per heavy atom. The SMILES string of the molecule is CC=CC=CC=CC=CCCC=CC=CC=CC(=O)NCC(O)(CCCC)CCCC. The monoisotopic (exact) mass is 425 g/mol. The first kappa shape index (κ1) is 28.6. The number of rotatable bonds is 17. The molecular weight excluding hydrogens is 382 g/mol. The number of hydrogen-bond donors (Lipinski definition) is 2. The molecule has 0 spiro atoms. The van der Waals surface area contributed by atoms with Gasteiger partial charge in [0.25, 0.3) is 0 Å². The average Bonchev–Trinajstić information content (AvgIpc) is 2.77. The predicted molar refractivity (Wildman–Crippen MR) is 136 cm³/mol. The van der Waals surface area contributed by atoms with Crippen LogP contribution in [0, 0.1) is 0 Å². The molecule has 0 fully saturated rings.